The van der Waals surface area contributed by atoms with E-state index >= 15 is 0 Å². The lowest BCUT2D eigenvalue weighted by atomic mass is 10.4. The molecule has 1 aromatic heterocycles. The molecule has 0 spiro atoms. The summed E-state index contributed by atoms with van der Waals surface area (Å²) in [4.78, 5) is 5.39. The average molecular weight is 164 g/mol. The number of rotatable bonds is 0. The lowest BCUT2D eigenvalue weighted by molar-refractivity contribution is 1.18. The highest BCUT2D eigenvalue weighted by molar-refractivity contribution is 7.99. The second-order valence-corrected chi connectivity index (χ2v) is 3.38. The van der Waals surface area contributed by atoms with Crippen molar-refractivity contribution in [1.29, 1.82) is 0 Å². The van der Waals surface area contributed by atoms with Gasteiger partial charge in [-0.05, 0) is 12.1 Å². The van der Waals surface area contributed by atoms with Crippen molar-refractivity contribution in [2.45, 2.75) is 4.90 Å². The molecule has 0 bridgehead atoms. The predicted molar refractivity (Wildman–Crippen MR) is 47.7 cm³/mol. The Labute approximate surface area is 69.7 Å². The van der Waals surface area contributed by atoms with Crippen LogP contribution in [0.1, 0.15) is 0 Å². The van der Waals surface area contributed by atoms with E-state index in [1.54, 1.807) is 18.0 Å². The lowest BCUT2D eigenvalue weighted by Gasteiger charge is -2.17. The van der Waals surface area contributed by atoms with Crippen molar-refractivity contribution < 1.29 is 0 Å². The van der Waals surface area contributed by atoms with E-state index in [1.807, 2.05) is 6.07 Å². The van der Waals surface area contributed by atoms with Crippen molar-refractivity contribution in [3.8, 4) is 0 Å². The van der Waals surface area contributed by atoms with Gasteiger partial charge in [-0.1, -0.05) is 6.58 Å². The molecular weight excluding hydrogens is 156 g/mol. The summed E-state index contributed by atoms with van der Waals surface area (Å²) in [5, 5.41) is 3.13. The van der Waals surface area contributed by atoms with Gasteiger partial charge in [0.15, 0.2) is 0 Å². The Morgan fingerprint density at radius 3 is 3.45 bits per heavy atom. The van der Waals surface area contributed by atoms with E-state index < -0.39 is 0 Å². The molecule has 3 heteroatoms. The van der Waals surface area contributed by atoms with Gasteiger partial charge in [0.2, 0.25) is 0 Å². The van der Waals surface area contributed by atoms with Gasteiger partial charge < -0.3 is 5.32 Å². The van der Waals surface area contributed by atoms with Crippen LogP contribution < -0.4 is 5.32 Å². The van der Waals surface area contributed by atoms with Gasteiger partial charge in [0.1, 0.15) is 5.82 Å². The Balaban J connectivity index is 2.41. The molecule has 11 heavy (non-hydrogen) atoms. The van der Waals surface area contributed by atoms with Gasteiger partial charge in [0, 0.05) is 17.6 Å². The first-order valence-electron chi connectivity index (χ1n) is 3.39. The Morgan fingerprint density at radius 2 is 2.55 bits per heavy atom. The monoisotopic (exact) mass is 164 g/mol. The molecular formula is C8H8N2S. The number of thioether (sulfide) groups is 1. The van der Waals surface area contributed by atoms with Crippen LogP contribution in [0.25, 0.3) is 0 Å². The number of aromatic nitrogens is 1. The number of pyridine rings is 1. The Kier molecular flexibility index (Phi) is 1.58. The van der Waals surface area contributed by atoms with E-state index in [-0.39, 0.29) is 0 Å². The normalized spacial score (nSPS) is 15.5. The van der Waals surface area contributed by atoms with Gasteiger partial charge >= 0.3 is 0 Å². The van der Waals surface area contributed by atoms with Crippen LogP contribution in [0.4, 0.5) is 5.82 Å². The summed E-state index contributed by atoms with van der Waals surface area (Å²) in [6, 6.07) is 4.01. The summed E-state index contributed by atoms with van der Waals surface area (Å²) in [7, 11) is 0. The van der Waals surface area contributed by atoms with E-state index in [1.165, 1.54) is 4.90 Å². The van der Waals surface area contributed by atoms with Crippen molar-refractivity contribution in [3.63, 3.8) is 0 Å². The molecule has 1 N–H and O–H groups in total. The van der Waals surface area contributed by atoms with E-state index in [4.69, 9.17) is 0 Å². The Hall–Kier alpha value is -0.960. The van der Waals surface area contributed by atoms with Crippen molar-refractivity contribution in [2.24, 2.45) is 0 Å². The topological polar surface area (TPSA) is 24.9 Å². The molecule has 0 aromatic carbocycles. The molecule has 1 aromatic rings. The van der Waals surface area contributed by atoms with Crippen molar-refractivity contribution in [3.05, 3.63) is 30.6 Å². The van der Waals surface area contributed by atoms with Gasteiger partial charge in [0.25, 0.3) is 0 Å². The van der Waals surface area contributed by atoms with Crippen molar-refractivity contribution in [1.82, 2.24) is 4.98 Å². The van der Waals surface area contributed by atoms with Crippen LogP contribution in [-0.4, -0.2) is 10.7 Å². The molecule has 0 saturated heterocycles. The first kappa shape index (κ1) is 6.73. The van der Waals surface area contributed by atoms with Gasteiger partial charge in [-0.25, -0.2) is 4.98 Å². The quantitative estimate of drug-likeness (QED) is 0.635. The Bertz CT molecular complexity index is 296. The van der Waals surface area contributed by atoms with Crippen LogP contribution >= 0.6 is 11.8 Å². The van der Waals surface area contributed by atoms with Gasteiger partial charge in [0.05, 0.1) is 4.90 Å². The molecule has 0 radical (unpaired) electrons. The summed E-state index contributed by atoms with van der Waals surface area (Å²) in [5.74, 6) is 1.88. The third-order valence-electron chi connectivity index (χ3n) is 1.47. The standard InChI is InChI=1S/C8H8N2S/c1-6-5-11-7-3-2-4-9-8(7)10-6/h2-4H,1,5H2,(H,9,10). The van der Waals surface area contributed by atoms with Crippen LogP contribution in [0, 0.1) is 0 Å². The molecule has 2 heterocycles. The number of fused-ring (bicyclic) bond motifs is 1. The van der Waals surface area contributed by atoms with Crippen molar-refractivity contribution in [2.75, 3.05) is 11.1 Å². The average Bonchev–Trinajstić information content (AvgIpc) is 2.04. The minimum absolute atomic E-state index is 0.939. The van der Waals surface area contributed by atoms with Crippen molar-refractivity contribution >= 4 is 17.6 Å². The van der Waals surface area contributed by atoms with E-state index in [2.05, 4.69) is 22.9 Å². The maximum Gasteiger partial charge on any atom is 0.143 e. The minimum atomic E-state index is 0.939. The summed E-state index contributed by atoms with van der Waals surface area (Å²) in [6.07, 6.45) is 1.78. The highest BCUT2D eigenvalue weighted by Gasteiger charge is 2.10. The molecule has 0 fully saturated rings. The number of nitrogens with zero attached hydrogens (tertiary/aromatic N) is 1. The van der Waals surface area contributed by atoms with Crippen LogP contribution in [-0.2, 0) is 0 Å². The summed E-state index contributed by atoms with van der Waals surface area (Å²) < 4.78 is 0. The third kappa shape index (κ3) is 1.24. The molecule has 2 rings (SSSR count). The zero-order valence-corrected chi connectivity index (χ0v) is 6.82. The fraction of sp³-hybridized carbons (Fsp3) is 0.125. The molecule has 0 amide bonds. The lowest BCUT2D eigenvalue weighted by Crippen LogP contribution is -2.08. The highest BCUT2D eigenvalue weighted by atomic mass is 32.2. The molecule has 0 aliphatic carbocycles. The number of anilines is 1. The molecule has 1 aliphatic rings. The van der Waals surface area contributed by atoms with Crippen LogP contribution in [0.15, 0.2) is 35.5 Å². The fourth-order valence-corrected chi connectivity index (χ4v) is 1.79. The predicted octanol–water partition coefficient (Wildman–Crippen LogP) is 2.11. The van der Waals surface area contributed by atoms with Gasteiger partial charge in [-0.2, -0.15) is 0 Å². The Morgan fingerprint density at radius 1 is 1.64 bits per heavy atom. The van der Waals surface area contributed by atoms with Crippen LogP contribution in [0.5, 0.6) is 0 Å². The van der Waals surface area contributed by atoms with Crippen LogP contribution in [0.3, 0.4) is 0 Å². The molecule has 0 saturated carbocycles. The number of nitrogens with one attached hydrogen (secondary N) is 1. The number of hydrogen-bond acceptors (Lipinski definition) is 3. The summed E-state index contributed by atoms with van der Waals surface area (Å²) >= 11 is 1.77. The van der Waals surface area contributed by atoms with E-state index in [0.717, 1.165) is 17.3 Å². The summed E-state index contributed by atoms with van der Waals surface area (Å²) in [6.45, 7) is 3.84. The maximum absolute atomic E-state index is 4.18. The zero-order chi connectivity index (χ0) is 7.68. The molecule has 1 aliphatic heterocycles. The van der Waals surface area contributed by atoms with Crippen LogP contribution in [0.2, 0.25) is 0 Å². The maximum atomic E-state index is 4.18. The van der Waals surface area contributed by atoms with E-state index in [9.17, 15) is 0 Å². The second kappa shape index (κ2) is 2.58. The number of hydrogen-bond donors (Lipinski definition) is 1. The molecule has 0 atom stereocenters. The molecule has 2 nitrogen and oxygen atoms in total. The molecule has 0 unspecified atom stereocenters. The fourth-order valence-electron chi connectivity index (χ4n) is 0.969. The third-order valence-corrected chi connectivity index (χ3v) is 2.60. The SMILES string of the molecule is C=C1CSc2cccnc2N1. The zero-order valence-electron chi connectivity index (χ0n) is 6.00. The first-order valence-corrected chi connectivity index (χ1v) is 4.37. The largest absolute Gasteiger partial charge is 0.343 e. The van der Waals surface area contributed by atoms with E-state index in [0.29, 0.717) is 0 Å². The smallest absolute Gasteiger partial charge is 0.143 e. The summed E-state index contributed by atoms with van der Waals surface area (Å²) in [5.41, 5.74) is 1.03. The minimum Gasteiger partial charge on any atom is -0.343 e. The molecule has 56 valence electrons. The van der Waals surface area contributed by atoms with Gasteiger partial charge in [-0.3, -0.25) is 0 Å². The highest BCUT2D eigenvalue weighted by Crippen LogP contribution is 2.31. The van der Waals surface area contributed by atoms with Gasteiger partial charge in [-0.15, -0.1) is 11.8 Å². The first-order chi connectivity index (χ1) is 5.36. The second-order valence-electron chi connectivity index (χ2n) is 2.37.